The van der Waals surface area contributed by atoms with E-state index in [1.165, 1.54) is 109 Å². The van der Waals surface area contributed by atoms with Gasteiger partial charge in [0.1, 0.15) is 0 Å². The van der Waals surface area contributed by atoms with Gasteiger partial charge in [-0.2, -0.15) is 0 Å². The summed E-state index contributed by atoms with van der Waals surface area (Å²) in [6.45, 7) is 0. The zero-order valence-electron chi connectivity index (χ0n) is 29.6. The van der Waals surface area contributed by atoms with E-state index in [1.54, 1.807) is 0 Å². The maximum Gasteiger partial charge on any atom is -0.00201 e. The molecule has 0 aromatic heterocycles. The van der Waals surface area contributed by atoms with Gasteiger partial charge in [-0.05, 0) is 133 Å². The number of benzene rings is 11. The van der Waals surface area contributed by atoms with E-state index in [4.69, 9.17) is 0 Å². The van der Waals surface area contributed by atoms with Crippen molar-refractivity contribution in [3.63, 3.8) is 0 Å². The van der Waals surface area contributed by atoms with E-state index in [1.807, 2.05) is 0 Å². The van der Waals surface area contributed by atoms with Crippen molar-refractivity contribution in [2.24, 2.45) is 0 Å². The van der Waals surface area contributed by atoms with E-state index in [2.05, 4.69) is 206 Å². The van der Waals surface area contributed by atoms with Gasteiger partial charge in [0.05, 0.1) is 0 Å². The van der Waals surface area contributed by atoms with Crippen LogP contribution in [0.4, 0.5) is 0 Å². The van der Waals surface area contributed by atoms with Gasteiger partial charge in [-0.1, -0.05) is 182 Å². The Morgan fingerprint density at radius 3 is 1.07 bits per heavy atom. The van der Waals surface area contributed by atoms with Crippen molar-refractivity contribution in [2.75, 3.05) is 0 Å². The van der Waals surface area contributed by atoms with Crippen LogP contribution in [0.25, 0.3) is 109 Å². The van der Waals surface area contributed by atoms with Crippen molar-refractivity contribution in [3.05, 3.63) is 206 Å². The van der Waals surface area contributed by atoms with E-state index in [0.717, 1.165) is 0 Å². The number of rotatable bonds is 4. The van der Waals surface area contributed by atoms with Gasteiger partial charge >= 0.3 is 0 Å². The van der Waals surface area contributed by atoms with Crippen LogP contribution >= 0.6 is 0 Å². The van der Waals surface area contributed by atoms with Crippen LogP contribution < -0.4 is 0 Å². The average Bonchev–Trinajstić information content (AvgIpc) is 3.24. The molecular formula is C54H34. The van der Waals surface area contributed by atoms with Crippen molar-refractivity contribution in [1.82, 2.24) is 0 Å². The average molecular weight is 683 g/mol. The van der Waals surface area contributed by atoms with Crippen LogP contribution in [-0.4, -0.2) is 0 Å². The highest BCUT2D eigenvalue weighted by Crippen LogP contribution is 2.46. The second kappa shape index (κ2) is 12.3. The first-order valence-electron chi connectivity index (χ1n) is 18.7. The molecule has 0 aliphatic carbocycles. The molecular weight excluding hydrogens is 649 g/mol. The van der Waals surface area contributed by atoms with Crippen molar-refractivity contribution >= 4 is 64.6 Å². The molecule has 0 heteroatoms. The standard InChI is InChI=1S/C54H34/c1-3-15-45-35(11-1)13-9-21-47(45)43-29-27-39-31-37(23-25-41(39)33-43)38-24-26-42-34-44(30-28-40(42)32-38)53-49-17-5-7-19-51(49)54(52-20-8-6-18-50(52)53)48-22-10-14-36-12-2-4-16-46(36)48/h1-34H. The summed E-state index contributed by atoms with van der Waals surface area (Å²) in [6.07, 6.45) is 0. The number of fused-ring (bicyclic) bond motifs is 6. The third-order valence-electron chi connectivity index (χ3n) is 11.4. The van der Waals surface area contributed by atoms with Crippen molar-refractivity contribution in [2.45, 2.75) is 0 Å². The fraction of sp³-hybridized carbons (Fsp3) is 0. The van der Waals surface area contributed by atoms with E-state index in [-0.39, 0.29) is 0 Å². The molecule has 0 bridgehead atoms. The Morgan fingerprint density at radius 1 is 0.185 bits per heavy atom. The van der Waals surface area contributed by atoms with Gasteiger partial charge in [0.25, 0.3) is 0 Å². The fourth-order valence-electron chi connectivity index (χ4n) is 8.82. The molecule has 11 aromatic rings. The molecule has 0 radical (unpaired) electrons. The highest BCUT2D eigenvalue weighted by atomic mass is 14.2. The van der Waals surface area contributed by atoms with Crippen LogP contribution in [0.2, 0.25) is 0 Å². The molecule has 0 atom stereocenters. The second-order valence-corrected chi connectivity index (χ2v) is 14.4. The third-order valence-corrected chi connectivity index (χ3v) is 11.4. The maximum absolute atomic E-state index is 2.38. The van der Waals surface area contributed by atoms with Crippen molar-refractivity contribution in [3.8, 4) is 44.5 Å². The lowest BCUT2D eigenvalue weighted by molar-refractivity contribution is 1.65. The number of hydrogen-bond donors (Lipinski definition) is 0. The Morgan fingerprint density at radius 2 is 0.537 bits per heavy atom. The monoisotopic (exact) mass is 682 g/mol. The maximum atomic E-state index is 2.38. The minimum absolute atomic E-state index is 1.23. The van der Waals surface area contributed by atoms with Crippen molar-refractivity contribution < 1.29 is 0 Å². The minimum Gasteiger partial charge on any atom is -0.0616 e. The Kier molecular flexibility index (Phi) is 6.97. The molecule has 250 valence electrons. The molecule has 0 saturated carbocycles. The predicted octanol–water partition coefficient (Wildman–Crippen LogP) is 15.3. The smallest absolute Gasteiger partial charge is 0.00201 e. The summed E-state index contributed by atoms with van der Waals surface area (Å²) in [5.74, 6) is 0. The van der Waals surface area contributed by atoms with Gasteiger partial charge in [0.2, 0.25) is 0 Å². The molecule has 54 heavy (non-hydrogen) atoms. The lowest BCUT2D eigenvalue weighted by atomic mass is 9.84. The predicted molar refractivity (Wildman–Crippen MR) is 233 cm³/mol. The molecule has 11 rings (SSSR count). The number of hydrogen-bond acceptors (Lipinski definition) is 0. The summed E-state index contributed by atoms with van der Waals surface area (Å²) in [5.41, 5.74) is 10.1. The normalized spacial score (nSPS) is 11.7. The first-order chi connectivity index (χ1) is 26.8. The Bertz CT molecular complexity index is 3210. The van der Waals surface area contributed by atoms with E-state index in [0.29, 0.717) is 0 Å². The van der Waals surface area contributed by atoms with E-state index < -0.39 is 0 Å². The summed E-state index contributed by atoms with van der Waals surface area (Å²) in [4.78, 5) is 0. The van der Waals surface area contributed by atoms with E-state index in [9.17, 15) is 0 Å². The highest BCUT2D eigenvalue weighted by Gasteiger charge is 2.18. The molecule has 0 amide bonds. The largest absolute Gasteiger partial charge is 0.0616 e. The summed E-state index contributed by atoms with van der Waals surface area (Å²) < 4.78 is 0. The van der Waals surface area contributed by atoms with Crippen LogP contribution in [0.3, 0.4) is 0 Å². The van der Waals surface area contributed by atoms with Gasteiger partial charge in [-0.15, -0.1) is 0 Å². The third kappa shape index (κ3) is 4.92. The van der Waals surface area contributed by atoms with Crippen LogP contribution in [0.1, 0.15) is 0 Å². The first-order valence-corrected chi connectivity index (χ1v) is 18.7. The summed E-state index contributed by atoms with van der Waals surface area (Å²) in [7, 11) is 0. The summed E-state index contributed by atoms with van der Waals surface area (Å²) in [5, 5.41) is 15.2. The quantitative estimate of drug-likeness (QED) is 0.162. The minimum atomic E-state index is 1.23. The highest BCUT2D eigenvalue weighted by molar-refractivity contribution is 6.23. The molecule has 0 saturated heterocycles. The molecule has 0 spiro atoms. The van der Waals surface area contributed by atoms with Gasteiger partial charge < -0.3 is 0 Å². The lowest BCUT2D eigenvalue weighted by Crippen LogP contribution is -1.91. The molecule has 11 aromatic carbocycles. The summed E-state index contributed by atoms with van der Waals surface area (Å²) >= 11 is 0. The van der Waals surface area contributed by atoms with Gasteiger partial charge in [-0.3, -0.25) is 0 Å². The van der Waals surface area contributed by atoms with Crippen LogP contribution in [-0.2, 0) is 0 Å². The molecule has 0 N–H and O–H groups in total. The molecule has 0 aliphatic heterocycles. The van der Waals surface area contributed by atoms with Crippen LogP contribution in [0.5, 0.6) is 0 Å². The molecule has 0 heterocycles. The second-order valence-electron chi connectivity index (χ2n) is 14.4. The molecule has 0 nitrogen and oxygen atoms in total. The van der Waals surface area contributed by atoms with Crippen LogP contribution in [0, 0.1) is 0 Å². The van der Waals surface area contributed by atoms with E-state index >= 15 is 0 Å². The zero-order valence-corrected chi connectivity index (χ0v) is 29.6. The Labute approximate surface area is 314 Å². The molecule has 0 fully saturated rings. The van der Waals surface area contributed by atoms with Gasteiger partial charge in [0, 0.05) is 0 Å². The SMILES string of the molecule is c1ccc2c(-c3ccc4cc(-c5ccc6cc(-c7c8ccccc8c(-c8cccc9ccccc89)c8ccccc78)ccc6c5)ccc4c3)cccc2c1. The van der Waals surface area contributed by atoms with Crippen LogP contribution in [0.15, 0.2) is 206 Å². The fourth-order valence-corrected chi connectivity index (χ4v) is 8.82. The molecule has 0 unspecified atom stereocenters. The molecule has 0 aliphatic rings. The first kappa shape index (κ1) is 30.6. The Hall–Kier alpha value is -7.02. The van der Waals surface area contributed by atoms with Gasteiger partial charge in [0.15, 0.2) is 0 Å². The van der Waals surface area contributed by atoms with Gasteiger partial charge in [-0.25, -0.2) is 0 Å². The Balaban J connectivity index is 1.00. The lowest BCUT2D eigenvalue weighted by Gasteiger charge is -2.19. The topological polar surface area (TPSA) is 0 Å². The zero-order chi connectivity index (χ0) is 35.6. The van der Waals surface area contributed by atoms with Crippen molar-refractivity contribution in [1.29, 1.82) is 0 Å². The summed E-state index contributed by atoms with van der Waals surface area (Å²) in [6, 6.07) is 76.1.